The Hall–Kier alpha value is -1.51. The van der Waals surface area contributed by atoms with Crippen molar-refractivity contribution in [3.05, 3.63) is 65.2 Å². The predicted molar refractivity (Wildman–Crippen MR) is 78.1 cm³/mol. The Morgan fingerprint density at radius 1 is 0.824 bits per heavy atom. The molecule has 2 aromatic carbocycles. The maximum Gasteiger partial charge on any atom is 0.0477 e. The molecule has 0 aliphatic heterocycles. The standard InChI is InChI=1S/C15H10S2/c16-13-10-15(11-6-2-1-3-7-11)17-14-9-5-4-8-12(13)14/h1-10H. The zero-order valence-corrected chi connectivity index (χ0v) is 10.7. The molecule has 0 aliphatic rings. The monoisotopic (exact) mass is 254 g/mol. The fourth-order valence-corrected chi connectivity index (χ4v) is 3.39. The van der Waals surface area contributed by atoms with Crippen LogP contribution in [0.25, 0.3) is 20.5 Å². The van der Waals surface area contributed by atoms with E-state index in [4.69, 9.17) is 12.2 Å². The molecule has 0 saturated heterocycles. The third kappa shape index (κ3) is 2.02. The SMILES string of the molecule is S=c1cc(-c2ccccc2)sc2ccccc12. The van der Waals surface area contributed by atoms with Gasteiger partial charge in [-0.3, -0.25) is 0 Å². The molecule has 0 spiro atoms. The summed E-state index contributed by atoms with van der Waals surface area (Å²) in [5.41, 5.74) is 1.23. The van der Waals surface area contributed by atoms with Gasteiger partial charge in [0.25, 0.3) is 0 Å². The summed E-state index contributed by atoms with van der Waals surface area (Å²) >= 11 is 7.24. The van der Waals surface area contributed by atoms with Gasteiger partial charge >= 0.3 is 0 Å². The topological polar surface area (TPSA) is 0 Å². The Labute approximate surface area is 109 Å². The van der Waals surface area contributed by atoms with Crippen LogP contribution in [0.3, 0.4) is 0 Å². The average molecular weight is 254 g/mol. The van der Waals surface area contributed by atoms with E-state index in [0.29, 0.717) is 0 Å². The molecule has 0 bridgehead atoms. The molecule has 0 saturated carbocycles. The lowest BCUT2D eigenvalue weighted by molar-refractivity contribution is 1.69. The lowest BCUT2D eigenvalue weighted by Crippen LogP contribution is -1.76. The number of hydrogen-bond donors (Lipinski definition) is 0. The number of hydrogen-bond acceptors (Lipinski definition) is 2. The maximum atomic E-state index is 5.45. The molecular weight excluding hydrogens is 244 g/mol. The van der Waals surface area contributed by atoms with Crippen molar-refractivity contribution in [3.8, 4) is 10.4 Å². The van der Waals surface area contributed by atoms with E-state index in [9.17, 15) is 0 Å². The van der Waals surface area contributed by atoms with Gasteiger partial charge in [-0.1, -0.05) is 60.7 Å². The summed E-state index contributed by atoms with van der Waals surface area (Å²) in [6, 6.07) is 20.8. The van der Waals surface area contributed by atoms with Crippen molar-refractivity contribution in [2.75, 3.05) is 0 Å². The Balaban J connectivity index is 2.30. The maximum absolute atomic E-state index is 5.45. The Morgan fingerprint density at radius 3 is 2.35 bits per heavy atom. The van der Waals surface area contributed by atoms with Crippen LogP contribution in [0, 0.1) is 4.51 Å². The first-order chi connectivity index (χ1) is 8.34. The predicted octanol–water partition coefficient (Wildman–Crippen LogP) is 5.30. The summed E-state index contributed by atoms with van der Waals surface area (Å²) in [5, 5.41) is 1.17. The fourth-order valence-electron chi connectivity index (χ4n) is 1.85. The summed E-state index contributed by atoms with van der Waals surface area (Å²) in [6.07, 6.45) is 0. The van der Waals surface area contributed by atoms with Crippen LogP contribution in [0.2, 0.25) is 0 Å². The van der Waals surface area contributed by atoms with E-state index in [1.807, 2.05) is 12.1 Å². The van der Waals surface area contributed by atoms with E-state index in [2.05, 4.69) is 48.5 Å². The quantitative estimate of drug-likeness (QED) is 0.531. The molecule has 3 rings (SSSR count). The molecule has 1 aromatic heterocycles. The molecule has 0 unspecified atom stereocenters. The minimum absolute atomic E-state index is 0.929. The highest BCUT2D eigenvalue weighted by Crippen LogP contribution is 2.30. The van der Waals surface area contributed by atoms with Crippen LogP contribution in [-0.4, -0.2) is 0 Å². The third-order valence-electron chi connectivity index (χ3n) is 2.69. The van der Waals surface area contributed by atoms with E-state index in [1.165, 1.54) is 20.5 Å². The Kier molecular flexibility index (Phi) is 2.75. The molecule has 0 aliphatic carbocycles. The summed E-state index contributed by atoms with van der Waals surface area (Å²) < 4.78 is 2.18. The van der Waals surface area contributed by atoms with Gasteiger partial charge in [0, 0.05) is 19.5 Å². The second kappa shape index (κ2) is 4.40. The molecule has 17 heavy (non-hydrogen) atoms. The van der Waals surface area contributed by atoms with Gasteiger partial charge in [0.15, 0.2) is 0 Å². The Morgan fingerprint density at radius 2 is 1.53 bits per heavy atom. The van der Waals surface area contributed by atoms with Crippen molar-refractivity contribution in [1.82, 2.24) is 0 Å². The molecule has 3 aromatic rings. The lowest BCUT2D eigenvalue weighted by atomic mass is 10.2. The van der Waals surface area contributed by atoms with Gasteiger partial charge in [-0.25, -0.2) is 0 Å². The van der Waals surface area contributed by atoms with E-state index in [0.717, 1.165) is 4.51 Å². The number of benzene rings is 2. The van der Waals surface area contributed by atoms with Crippen LogP contribution in [0.5, 0.6) is 0 Å². The van der Waals surface area contributed by atoms with Crippen molar-refractivity contribution in [1.29, 1.82) is 0 Å². The molecule has 0 nitrogen and oxygen atoms in total. The van der Waals surface area contributed by atoms with Crippen molar-refractivity contribution < 1.29 is 0 Å². The normalized spacial score (nSPS) is 10.6. The van der Waals surface area contributed by atoms with E-state index < -0.39 is 0 Å². The van der Waals surface area contributed by atoms with E-state index >= 15 is 0 Å². The first kappa shape index (κ1) is 10.6. The summed E-state index contributed by atoms with van der Waals surface area (Å²) in [7, 11) is 0. The van der Waals surface area contributed by atoms with Gasteiger partial charge in [-0.2, -0.15) is 0 Å². The summed E-state index contributed by atoms with van der Waals surface area (Å²) in [5.74, 6) is 0. The number of rotatable bonds is 1. The molecule has 2 heteroatoms. The Bertz CT molecular complexity index is 712. The molecule has 0 fully saturated rings. The smallest absolute Gasteiger partial charge is 0.0477 e. The minimum atomic E-state index is 0.929. The second-order valence-corrected chi connectivity index (χ2v) is 5.36. The molecule has 0 atom stereocenters. The molecule has 1 heterocycles. The largest absolute Gasteiger partial charge is 0.135 e. The van der Waals surface area contributed by atoms with Gasteiger partial charge in [0.1, 0.15) is 0 Å². The molecule has 0 N–H and O–H groups in total. The highest BCUT2D eigenvalue weighted by Gasteiger charge is 2.01. The van der Waals surface area contributed by atoms with Crippen molar-refractivity contribution in [2.45, 2.75) is 0 Å². The van der Waals surface area contributed by atoms with Crippen LogP contribution in [0.1, 0.15) is 0 Å². The number of fused-ring (bicyclic) bond motifs is 1. The average Bonchev–Trinajstić information content (AvgIpc) is 2.40. The first-order valence-electron chi connectivity index (χ1n) is 5.43. The van der Waals surface area contributed by atoms with Gasteiger partial charge in [-0.05, 0) is 17.7 Å². The third-order valence-corrected chi connectivity index (χ3v) is 4.18. The lowest BCUT2D eigenvalue weighted by Gasteiger charge is -2.03. The second-order valence-electron chi connectivity index (χ2n) is 3.84. The van der Waals surface area contributed by atoms with Crippen LogP contribution in [0.4, 0.5) is 0 Å². The minimum Gasteiger partial charge on any atom is -0.135 e. The van der Waals surface area contributed by atoms with Crippen LogP contribution in [-0.2, 0) is 0 Å². The van der Waals surface area contributed by atoms with Gasteiger partial charge in [-0.15, -0.1) is 11.3 Å². The zero-order chi connectivity index (χ0) is 11.7. The van der Waals surface area contributed by atoms with Crippen LogP contribution >= 0.6 is 23.6 Å². The van der Waals surface area contributed by atoms with Crippen molar-refractivity contribution in [3.63, 3.8) is 0 Å². The summed E-state index contributed by atoms with van der Waals surface area (Å²) in [4.78, 5) is 1.23. The molecule has 82 valence electrons. The molecule has 0 radical (unpaired) electrons. The van der Waals surface area contributed by atoms with Crippen LogP contribution in [0.15, 0.2) is 60.7 Å². The van der Waals surface area contributed by atoms with Gasteiger partial charge < -0.3 is 0 Å². The van der Waals surface area contributed by atoms with E-state index in [-0.39, 0.29) is 0 Å². The first-order valence-corrected chi connectivity index (χ1v) is 6.65. The fraction of sp³-hybridized carbons (Fsp3) is 0. The van der Waals surface area contributed by atoms with Crippen molar-refractivity contribution >= 4 is 33.6 Å². The van der Waals surface area contributed by atoms with Crippen LogP contribution < -0.4 is 0 Å². The van der Waals surface area contributed by atoms with Crippen molar-refractivity contribution in [2.24, 2.45) is 0 Å². The van der Waals surface area contributed by atoms with E-state index in [1.54, 1.807) is 11.3 Å². The van der Waals surface area contributed by atoms with Gasteiger partial charge in [0.2, 0.25) is 0 Å². The molecular formula is C15H10S2. The highest BCUT2D eigenvalue weighted by atomic mass is 32.1. The zero-order valence-electron chi connectivity index (χ0n) is 9.09. The highest BCUT2D eigenvalue weighted by molar-refractivity contribution is 7.71. The molecule has 0 amide bonds. The summed E-state index contributed by atoms with van der Waals surface area (Å²) in [6.45, 7) is 0. The van der Waals surface area contributed by atoms with Gasteiger partial charge in [0.05, 0.1) is 0 Å².